The van der Waals surface area contributed by atoms with Crippen molar-refractivity contribution in [3.8, 4) is 22.6 Å². The Balaban J connectivity index is 2.11. The van der Waals surface area contributed by atoms with Gasteiger partial charge in [-0.2, -0.15) is 0 Å². The molecular formula is C19H17ClN2O4S. The van der Waals surface area contributed by atoms with Crippen LogP contribution in [0.1, 0.15) is 5.56 Å². The molecule has 0 unspecified atom stereocenters. The van der Waals surface area contributed by atoms with Crippen LogP contribution in [0.3, 0.4) is 0 Å². The van der Waals surface area contributed by atoms with Gasteiger partial charge in [0.1, 0.15) is 11.5 Å². The minimum atomic E-state index is -3.43. The van der Waals surface area contributed by atoms with E-state index in [4.69, 9.17) is 16.3 Å². The summed E-state index contributed by atoms with van der Waals surface area (Å²) in [5.74, 6) is 1.02. The first-order valence-corrected chi connectivity index (χ1v) is 10.2. The largest absolute Gasteiger partial charge is 0.457 e. The molecule has 1 heterocycles. The number of halogens is 1. The predicted molar refractivity (Wildman–Crippen MR) is 107 cm³/mol. The van der Waals surface area contributed by atoms with Crippen molar-refractivity contribution in [2.45, 2.75) is 6.92 Å². The number of benzene rings is 2. The molecule has 0 saturated heterocycles. The van der Waals surface area contributed by atoms with Crippen LogP contribution in [-0.2, 0) is 10.0 Å². The molecular weight excluding hydrogens is 388 g/mol. The van der Waals surface area contributed by atoms with E-state index in [0.717, 1.165) is 6.26 Å². The van der Waals surface area contributed by atoms with Crippen LogP contribution in [0.2, 0.25) is 5.02 Å². The van der Waals surface area contributed by atoms with Gasteiger partial charge >= 0.3 is 0 Å². The number of aryl methyl sites for hydroxylation is 1. The summed E-state index contributed by atoms with van der Waals surface area (Å²) >= 11 is 6.01. The Morgan fingerprint density at radius 1 is 1.11 bits per heavy atom. The van der Waals surface area contributed by atoms with Gasteiger partial charge in [0, 0.05) is 33.6 Å². The maximum absolute atomic E-state index is 11.7. The number of nitrogens with one attached hydrogen (secondary N) is 2. The molecule has 0 atom stereocenters. The number of ether oxygens (including phenoxy) is 1. The molecule has 27 heavy (non-hydrogen) atoms. The van der Waals surface area contributed by atoms with Gasteiger partial charge in [-0.25, -0.2) is 8.42 Å². The fraction of sp³-hybridized carbons (Fsp3) is 0.105. The third-order valence-electron chi connectivity index (χ3n) is 3.71. The lowest BCUT2D eigenvalue weighted by molar-refractivity contribution is 0.484. The number of H-pyrrole nitrogens is 1. The Morgan fingerprint density at radius 2 is 1.89 bits per heavy atom. The normalized spacial score (nSPS) is 11.2. The van der Waals surface area contributed by atoms with Gasteiger partial charge in [0.2, 0.25) is 10.0 Å². The summed E-state index contributed by atoms with van der Waals surface area (Å²) in [6.07, 6.45) is 2.63. The highest BCUT2D eigenvalue weighted by Crippen LogP contribution is 2.36. The van der Waals surface area contributed by atoms with Crippen molar-refractivity contribution in [3.63, 3.8) is 0 Å². The zero-order valence-corrected chi connectivity index (χ0v) is 16.2. The lowest BCUT2D eigenvalue weighted by Gasteiger charge is -2.14. The lowest BCUT2D eigenvalue weighted by atomic mass is 10.0. The maximum Gasteiger partial charge on any atom is 0.250 e. The third kappa shape index (κ3) is 4.90. The minimum absolute atomic E-state index is 0.193. The van der Waals surface area contributed by atoms with Gasteiger partial charge in [-0.05, 0) is 49.4 Å². The Kier molecular flexibility index (Phi) is 5.25. The molecule has 2 N–H and O–H groups in total. The molecule has 3 rings (SSSR count). The number of anilines is 1. The van der Waals surface area contributed by atoms with Crippen LogP contribution >= 0.6 is 11.6 Å². The van der Waals surface area contributed by atoms with E-state index in [-0.39, 0.29) is 5.56 Å². The smallest absolute Gasteiger partial charge is 0.250 e. The molecule has 1 aromatic heterocycles. The Hall–Kier alpha value is -2.77. The summed E-state index contributed by atoms with van der Waals surface area (Å²) in [7, 11) is -3.43. The number of aromatic amines is 1. The highest BCUT2D eigenvalue weighted by molar-refractivity contribution is 7.92. The number of rotatable bonds is 5. The Labute approximate surface area is 161 Å². The average molecular weight is 405 g/mol. The second-order valence-corrected chi connectivity index (χ2v) is 8.23. The monoisotopic (exact) mass is 404 g/mol. The van der Waals surface area contributed by atoms with Gasteiger partial charge in [-0.15, -0.1) is 0 Å². The topological polar surface area (TPSA) is 88.3 Å². The van der Waals surface area contributed by atoms with E-state index in [1.807, 2.05) is 0 Å². The van der Waals surface area contributed by atoms with E-state index in [9.17, 15) is 13.2 Å². The fourth-order valence-corrected chi connectivity index (χ4v) is 3.27. The molecule has 0 spiro atoms. The molecule has 0 saturated carbocycles. The molecule has 6 nitrogen and oxygen atoms in total. The van der Waals surface area contributed by atoms with Crippen LogP contribution in [0.5, 0.6) is 11.5 Å². The maximum atomic E-state index is 11.7. The third-order valence-corrected chi connectivity index (χ3v) is 4.55. The number of hydrogen-bond acceptors (Lipinski definition) is 4. The summed E-state index contributed by atoms with van der Waals surface area (Å²) in [4.78, 5) is 14.3. The van der Waals surface area contributed by atoms with Crippen molar-refractivity contribution in [1.29, 1.82) is 0 Å². The predicted octanol–water partition coefficient (Wildman–Crippen LogP) is 4.17. The first-order valence-electron chi connectivity index (χ1n) is 7.96. The molecule has 140 valence electrons. The van der Waals surface area contributed by atoms with E-state index in [1.165, 1.54) is 0 Å². The molecule has 0 bridgehead atoms. The second-order valence-electron chi connectivity index (χ2n) is 6.05. The quantitative estimate of drug-likeness (QED) is 0.668. The minimum Gasteiger partial charge on any atom is -0.457 e. The summed E-state index contributed by atoms with van der Waals surface area (Å²) < 4.78 is 31.5. The lowest BCUT2D eigenvalue weighted by Crippen LogP contribution is -2.10. The van der Waals surface area contributed by atoms with Gasteiger partial charge < -0.3 is 9.72 Å². The SMILES string of the molecule is Cc1cc(-c2cc(NS(C)(=O)=O)ccc2Oc2cccc(Cl)c2)c[nH]c1=O. The molecule has 0 fully saturated rings. The van der Waals surface area contributed by atoms with E-state index >= 15 is 0 Å². The van der Waals surface area contributed by atoms with Crippen LogP contribution < -0.4 is 15.0 Å². The summed E-state index contributed by atoms with van der Waals surface area (Å²) in [6, 6.07) is 13.5. The first-order chi connectivity index (χ1) is 12.7. The molecule has 0 radical (unpaired) electrons. The summed E-state index contributed by atoms with van der Waals surface area (Å²) in [6.45, 7) is 1.69. The van der Waals surface area contributed by atoms with Gasteiger partial charge in [0.15, 0.2) is 0 Å². The van der Waals surface area contributed by atoms with Crippen LogP contribution in [0.4, 0.5) is 5.69 Å². The van der Waals surface area contributed by atoms with Gasteiger partial charge in [0.25, 0.3) is 5.56 Å². The van der Waals surface area contributed by atoms with Crippen LogP contribution in [0, 0.1) is 6.92 Å². The number of sulfonamides is 1. The van der Waals surface area contributed by atoms with Crippen molar-refractivity contribution < 1.29 is 13.2 Å². The molecule has 3 aromatic rings. The molecule has 0 aliphatic carbocycles. The summed E-state index contributed by atoms with van der Waals surface area (Å²) in [5.41, 5.74) is 2.02. The number of hydrogen-bond donors (Lipinski definition) is 2. The van der Waals surface area contributed by atoms with Crippen molar-refractivity contribution in [2.24, 2.45) is 0 Å². The fourth-order valence-electron chi connectivity index (χ4n) is 2.53. The van der Waals surface area contributed by atoms with Gasteiger partial charge in [-0.3, -0.25) is 9.52 Å². The molecule has 0 aliphatic heterocycles. The number of aromatic nitrogens is 1. The van der Waals surface area contributed by atoms with Gasteiger partial charge in [-0.1, -0.05) is 17.7 Å². The molecule has 0 aliphatic rings. The summed E-state index contributed by atoms with van der Waals surface area (Å²) in [5, 5.41) is 0.532. The van der Waals surface area contributed by atoms with Gasteiger partial charge in [0.05, 0.1) is 6.26 Å². The average Bonchev–Trinajstić information content (AvgIpc) is 2.57. The van der Waals surface area contributed by atoms with Crippen molar-refractivity contribution >= 4 is 27.3 Å². The van der Waals surface area contributed by atoms with Crippen LogP contribution in [0.15, 0.2) is 59.5 Å². The standard InChI is InChI=1S/C19H17ClN2O4S/c1-12-8-13(11-21-19(12)23)17-10-15(22-27(2,24)25)6-7-18(17)26-16-5-3-4-14(20)9-16/h3-11,22H,1-2H3,(H,21,23). The molecule has 8 heteroatoms. The van der Waals surface area contributed by atoms with E-state index in [0.29, 0.717) is 38.9 Å². The highest BCUT2D eigenvalue weighted by Gasteiger charge is 2.12. The zero-order chi connectivity index (χ0) is 19.6. The Morgan fingerprint density at radius 3 is 2.56 bits per heavy atom. The molecule has 0 amide bonds. The zero-order valence-electron chi connectivity index (χ0n) is 14.6. The molecule has 2 aromatic carbocycles. The van der Waals surface area contributed by atoms with Crippen molar-refractivity contribution in [1.82, 2.24) is 4.98 Å². The van der Waals surface area contributed by atoms with Crippen LogP contribution in [0.25, 0.3) is 11.1 Å². The highest BCUT2D eigenvalue weighted by atomic mass is 35.5. The van der Waals surface area contributed by atoms with Crippen molar-refractivity contribution in [3.05, 3.63) is 75.7 Å². The number of pyridine rings is 1. The first kappa shape index (κ1) is 19.0. The second kappa shape index (κ2) is 7.46. The van der Waals surface area contributed by atoms with E-state index in [1.54, 1.807) is 61.7 Å². The van der Waals surface area contributed by atoms with E-state index < -0.39 is 10.0 Å². The van der Waals surface area contributed by atoms with Crippen LogP contribution in [-0.4, -0.2) is 19.7 Å². The van der Waals surface area contributed by atoms with Crippen molar-refractivity contribution in [2.75, 3.05) is 11.0 Å². The van der Waals surface area contributed by atoms with E-state index in [2.05, 4.69) is 9.71 Å². The Bertz CT molecular complexity index is 1160.